The Labute approximate surface area is 130 Å². The van der Waals surface area contributed by atoms with Crippen LogP contribution in [0.15, 0.2) is 30.3 Å². The van der Waals surface area contributed by atoms with Crippen LogP contribution in [0.5, 0.6) is 0 Å². The van der Waals surface area contributed by atoms with Crippen LogP contribution >= 0.6 is 0 Å². The van der Waals surface area contributed by atoms with Crippen molar-refractivity contribution < 1.29 is 5.11 Å². The van der Waals surface area contributed by atoms with E-state index in [2.05, 4.69) is 46.8 Å². The molecule has 0 bridgehead atoms. The van der Waals surface area contributed by atoms with Gasteiger partial charge in [0.05, 0.1) is 11.2 Å². The molecule has 0 radical (unpaired) electrons. The van der Waals surface area contributed by atoms with Gasteiger partial charge in [-0.05, 0) is 44.0 Å². The van der Waals surface area contributed by atoms with E-state index >= 15 is 0 Å². The second kappa shape index (κ2) is 5.89. The van der Waals surface area contributed by atoms with E-state index in [1.54, 1.807) is 0 Å². The molecule has 0 atom stereocenters. The van der Waals surface area contributed by atoms with E-state index in [0.29, 0.717) is 6.42 Å². The minimum atomic E-state index is 0.178. The van der Waals surface area contributed by atoms with Gasteiger partial charge in [0.2, 0.25) is 0 Å². The number of hydrogen-bond acceptors (Lipinski definition) is 3. The SMILES string of the molecule is CCc1nc2c(C)nc(C)cc2n1-c1ccc(CCO)cc1. The maximum absolute atomic E-state index is 9.04. The molecular formula is C18H21N3O. The molecule has 0 aliphatic carbocycles. The first kappa shape index (κ1) is 14.7. The lowest BCUT2D eigenvalue weighted by molar-refractivity contribution is 0.299. The third-order valence-electron chi connectivity index (χ3n) is 3.93. The molecule has 0 amide bonds. The number of hydrogen-bond donors (Lipinski definition) is 1. The van der Waals surface area contributed by atoms with Crippen molar-refractivity contribution in [2.75, 3.05) is 6.61 Å². The lowest BCUT2D eigenvalue weighted by Crippen LogP contribution is -2.01. The molecule has 0 spiro atoms. The van der Waals surface area contributed by atoms with Crippen molar-refractivity contribution in [3.63, 3.8) is 0 Å². The zero-order chi connectivity index (χ0) is 15.7. The first-order valence-electron chi connectivity index (χ1n) is 7.69. The van der Waals surface area contributed by atoms with Crippen LogP contribution in [0, 0.1) is 13.8 Å². The van der Waals surface area contributed by atoms with Gasteiger partial charge in [-0.15, -0.1) is 0 Å². The minimum absolute atomic E-state index is 0.178. The molecule has 2 aromatic heterocycles. The van der Waals surface area contributed by atoms with Gasteiger partial charge in [0.1, 0.15) is 11.3 Å². The number of imidazole rings is 1. The molecule has 4 heteroatoms. The second-order valence-corrected chi connectivity index (χ2v) is 5.57. The fourth-order valence-electron chi connectivity index (χ4n) is 2.89. The van der Waals surface area contributed by atoms with E-state index in [-0.39, 0.29) is 6.61 Å². The van der Waals surface area contributed by atoms with Crippen molar-refractivity contribution in [1.82, 2.24) is 14.5 Å². The van der Waals surface area contributed by atoms with Crippen LogP contribution < -0.4 is 0 Å². The highest BCUT2D eigenvalue weighted by atomic mass is 16.2. The van der Waals surface area contributed by atoms with Crippen molar-refractivity contribution >= 4 is 11.0 Å². The number of aryl methyl sites for hydroxylation is 3. The summed E-state index contributed by atoms with van der Waals surface area (Å²) in [6.45, 7) is 6.32. The Morgan fingerprint density at radius 1 is 1.09 bits per heavy atom. The van der Waals surface area contributed by atoms with E-state index in [1.165, 1.54) is 0 Å². The van der Waals surface area contributed by atoms with Gasteiger partial charge in [-0.1, -0.05) is 19.1 Å². The molecule has 0 fully saturated rings. The summed E-state index contributed by atoms with van der Waals surface area (Å²) in [6.07, 6.45) is 1.55. The molecule has 0 saturated heterocycles. The van der Waals surface area contributed by atoms with Crippen molar-refractivity contribution in [1.29, 1.82) is 0 Å². The summed E-state index contributed by atoms with van der Waals surface area (Å²) in [5.74, 6) is 1.04. The summed E-state index contributed by atoms with van der Waals surface area (Å²) in [5.41, 5.74) is 6.30. The van der Waals surface area contributed by atoms with Gasteiger partial charge < -0.3 is 5.11 Å². The zero-order valence-electron chi connectivity index (χ0n) is 13.3. The Kier molecular flexibility index (Phi) is 3.94. The summed E-state index contributed by atoms with van der Waals surface area (Å²) in [4.78, 5) is 9.29. The maximum Gasteiger partial charge on any atom is 0.114 e. The fourth-order valence-corrected chi connectivity index (χ4v) is 2.89. The van der Waals surface area contributed by atoms with E-state index in [9.17, 15) is 0 Å². The van der Waals surface area contributed by atoms with Crippen LogP contribution in [0.2, 0.25) is 0 Å². The van der Waals surface area contributed by atoms with Gasteiger partial charge in [0.15, 0.2) is 0 Å². The number of aliphatic hydroxyl groups is 1. The molecule has 0 aliphatic rings. The Balaban J connectivity index is 2.20. The van der Waals surface area contributed by atoms with E-state index in [4.69, 9.17) is 10.1 Å². The van der Waals surface area contributed by atoms with Gasteiger partial charge in [-0.2, -0.15) is 0 Å². The van der Waals surface area contributed by atoms with Crippen LogP contribution in [-0.4, -0.2) is 26.2 Å². The molecule has 4 nitrogen and oxygen atoms in total. The van der Waals surface area contributed by atoms with Gasteiger partial charge in [0.25, 0.3) is 0 Å². The number of benzene rings is 1. The summed E-state index contributed by atoms with van der Waals surface area (Å²) in [7, 11) is 0. The highest BCUT2D eigenvalue weighted by Gasteiger charge is 2.14. The topological polar surface area (TPSA) is 50.9 Å². The van der Waals surface area contributed by atoms with Gasteiger partial charge >= 0.3 is 0 Å². The molecule has 1 N–H and O–H groups in total. The Hall–Kier alpha value is -2.20. The van der Waals surface area contributed by atoms with E-state index in [0.717, 1.165) is 45.9 Å². The first-order chi connectivity index (χ1) is 10.6. The third-order valence-corrected chi connectivity index (χ3v) is 3.93. The average Bonchev–Trinajstić information content (AvgIpc) is 2.87. The molecular weight excluding hydrogens is 274 g/mol. The highest BCUT2D eigenvalue weighted by molar-refractivity contribution is 5.80. The Morgan fingerprint density at radius 2 is 1.82 bits per heavy atom. The summed E-state index contributed by atoms with van der Waals surface area (Å²) >= 11 is 0. The maximum atomic E-state index is 9.04. The molecule has 0 aliphatic heterocycles. The molecule has 0 unspecified atom stereocenters. The first-order valence-corrected chi connectivity index (χ1v) is 7.69. The van der Waals surface area contributed by atoms with E-state index in [1.807, 2.05) is 13.8 Å². The fraction of sp³-hybridized carbons (Fsp3) is 0.333. The third kappa shape index (κ3) is 2.50. The van der Waals surface area contributed by atoms with Crippen LogP contribution in [0.1, 0.15) is 29.7 Å². The quantitative estimate of drug-likeness (QED) is 0.804. The smallest absolute Gasteiger partial charge is 0.114 e. The van der Waals surface area contributed by atoms with Gasteiger partial charge in [-0.25, -0.2) is 4.98 Å². The second-order valence-electron chi connectivity index (χ2n) is 5.57. The number of rotatable bonds is 4. The molecule has 2 heterocycles. The zero-order valence-corrected chi connectivity index (χ0v) is 13.3. The number of aliphatic hydroxyl groups excluding tert-OH is 1. The lowest BCUT2D eigenvalue weighted by Gasteiger charge is -2.09. The largest absolute Gasteiger partial charge is 0.396 e. The minimum Gasteiger partial charge on any atom is -0.396 e. The Bertz CT molecular complexity index is 803. The predicted molar refractivity (Wildman–Crippen MR) is 88.5 cm³/mol. The predicted octanol–water partition coefficient (Wildman–Crippen LogP) is 3.13. The molecule has 3 rings (SSSR count). The number of pyridine rings is 1. The van der Waals surface area contributed by atoms with Crippen molar-refractivity contribution in [3.05, 3.63) is 53.1 Å². The average molecular weight is 295 g/mol. The molecule has 3 aromatic rings. The standard InChI is InChI=1S/C18H21N3O/c1-4-17-20-18-13(3)19-12(2)11-16(18)21(17)15-7-5-14(6-8-15)9-10-22/h5-8,11,22H,4,9-10H2,1-3H3. The highest BCUT2D eigenvalue weighted by Crippen LogP contribution is 2.24. The normalized spacial score (nSPS) is 11.3. The lowest BCUT2D eigenvalue weighted by atomic mass is 10.1. The van der Waals surface area contributed by atoms with Crippen LogP contribution in [-0.2, 0) is 12.8 Å². The van der Waals surface area contributed by atoms with Crippen molar-refractivity contribution in [3.8, 4) is 5.69 Å². The molecule has 22 heavy (non-hydrogen) atoms. The van der Waals surface area contributed by atoms with Crippen LogP contribution in [0.25, 0.3) is 16.7 Å². The van der Waals surface area contributed by atoms with Gasteiger partial charge in [-0.3, -0.25) is 9.55 Å². The number of nitrogens with zero attached hydrogens (tertiary/aromatic N) is 3. The Morgan fingerprint density at radius 3 is 2.45 bits per heavy atom. The van der Waals surface area contributed by atoms with Crippen LogP contribution in [0.3, 0.4) is 0 Å². The molecule has 114 valence electrons. The van der Waals surface area contributed by atoms with Crippen molar-refractivity contribution in [2.24, 2.45) is 0 Å². The summed E-state index contributed by atoms with van der Waals surface area (Å²) in [6, 6.07) is 10.4. The van der Waals surface area contributed by atoms with E-state index < -0.39 is 0 Å². The van der Waals surface area contributed by atoms with Crippen molar-refractivity contribution in [2.45, 2.75) is 33.6 Å². The number of fused-ring (bicyclic) bond motifs is 1. The van der Waals surface area contributed by atoms with Crippen LogP contribution in [0.4, 0.5) is 0 Å². The van der Waals surface area contributed by atoms with Gasteiger partial charge in [0, 0.05) is 24.4 Å². The molecule has 1 aromatic carbocycles. The number of aromatic nitrogens is 3. The monoisotopic (exact) mass is 295 g/mol. The summed E-state index contributed by atoms with van der Waals surface area (Å²) < 4.78 is 2.21. The summed E-state index contributed by atoms with van der Waals surface area (Å²) in [5, 5.41) is 9.04. The molecule has 0 saturated carbocycles.